The van der Waals surface area contributed by atoms with Crippen LogP contribution >= 0.6 is 0 Å². The van der Waals surface area contributed by atoms with Crippen molar-refractivity contribution in [1.29, 1.82) is 0 Å². The van der Waals surface area contributed by atoms with E-state index in [4.69, 9.17) is 4.74 Å². The number of nitrogens with zero attached hydrogens (tertiary/aromatic N) is 2. The van der Waals surface area contributed by atoms with Gasteiger partial charge in [0.05, 0.1) is 0 Å². The minimum absolute atomic E-state index is 0.0935. The van der Waals surface area contributed by atoms with Crippen molar-refractivity contribution >= 4 is 6.03 Å². The monoisotopic (exact) mass is 331 g/mol. The molecule has 1 aromatic rings. The average Bonchev–Trinajstić information content (AvgIpc) is 3.05. The first-order chi connectivity index (χ1) is 11.8. The highest BCUT2D eigenvalue weighted by molar-refractivity contribution is 5.75. The molecule has 3 rings (SSSR count). The second kappa shape index (κ2) is 8.49. The molecule has 2 aliphatic heterocycles. The van der Waals surface area contributed by atoms with E-state index in [-0.39, 0.29) is 12.1 Å². The molecule has 0 aromatic heterocycles. The molecule has 0 saturated carbocycles. The van der Waals surface area contributed by atoms with Crippen molar-refractivity contribution in [2.45, 2.75) is 44.8 Å². The summed E-state index contributed by atoms with van der Waals surface area (Å²) in [5.74, 6) is 0. The quantitative estimate of drug-likeness (QED) is 0.901. The van der Waals surface area contributed by atoms with Crippen LogP contribution < -0.4 is 5.32 Å². The van der Waals surface area contributed by atoms with Crippen molar-refractivity contribution in [2.24, 2.45) is 0 Å². The molecule has 1 atom stereocenters. The molecule has 1 aromatic carbocycles. The molecular formula is C19H29N3O2. The minimum Gasteiger partial charge on any atom is -0.381 e. The summed E-state index contributed by atoms with van der Waals surface area (Å²) in [5.41, 5.74) is 1.34. The van der Waals surface area contributed by atoms with Gasteiger partial charge >= 0.3 is 6.03 Å². The number of urea groups is 1. The molecule has 0 aliphatic carbocycles. The number of benzene rings is 1. The van der Waals surface area contributed by atoms with Gasteiger partial charge < -0.3 is 15.0 Å². The number of hydrogen-bond acceptors (Lipinski definition) is 3. The first kappa shape index (κ1) is 17.2. The smallest absolute Gasteiger partial charge is 0.317 e. The molecule has 2 saturated heterocycles. The van der Waals surface area contributed by atoms with Crippen LogP contribution in [-0.4, -0.2) is 60.8 Å². The summed E-state index contributed by atoms with van der Waals surface area (Å²) in [4.78, 5) is 17.1. The second-order valence-electron chi connectivity index (χ2n) is 6.79. The second-order valence-corrected chi connectivity index (χ2v) is 6.79. The normalized spacial score (nSPS) is 22.5. The van der Waals surface area contributed by atoms with E-state index in [1.807, 2.05) is 4.90 Å². The van der Waals surface area contributed by atoms with Gasteiger partial charge in [-0.15, -0.1) is 0 Å². The van der Waals surface area contributed by atoms with Crippen molar-refractivity contribution in [3.8, 4) is 0 Å². The molecule has 1 N–H and O–H groups in total. The zero-order valence-electron chi connectivity index (χ0n) is 14.6. The summed E-state index contributed by atoms with van der Waals surface area (Å²) in [6, 6.07) is 11.2. The van der Waals surface area contributed by atoms with Gasteiger partial charge in [0.25, 0.3) is 0 Å². The molecule has 0 spiro atoms. The summed E-state index contributed by atoms with van der Waals surface area (Å²) in [6.45, 7) is 7.33. The maximum Gasteiger partial charge on any atom is 0.317 e. The van der Waals surface area contributed by atoms with Gasteiger partial charge in [0.1, 0.15) is 0 Å². The Morgan fingerprint density at radius 2 is 2.00 bits per heavy atom. The Bertz CT molecular complexity index is 517. The zero-order chi connectivity index (χ0) is 16.8. The minimum atomic E-state index is 0.0935. The number of amides is 2. The topological polar surface area (TPSA) is 44.8 Å². The van der Waals surface area contributed by atoms with E-state index < -0.39 is 0 Å². The third-order valence-corrected chi connectivity index (χ3v) is 5.09. The first-order valence-corrected chi connectivity index (χ1v) is 9.17. The standard InChI is InChI=1S/C19H29N3O2/c1-2-22(19(23)20-17-9-12-24-13-10-17)18-8-11-21(15-18)14-16-6-4-3-5-7-16/h3-7,17-18H,2,8-15H2,1H3,(H,20,23). The Morgan fingerprint density at radius 3 is 2.71 bits per heavy atom. The molecule has 5 heteroatoms. The highest BCUT2D eigenvalue weighted by atomic mass is 16.5. The number of nitrogens with one attached hydrogen (secondary N) is 1. The largest absolute Gasteiger partial charge is 0.381 e. The van der Waals surface area contributed by atoms with E-state index in [2.05, 4.69) is 47.5 Å². The molecule has 5 nitrogen and oxygen atoms in total. The van der Waals surface area contributed by atoms with Crippen LogP contribution in [0.25, 0.3) is 0 Å². The predicted octanol–water partition coefficient (Wildman–Crippen LogP) is 2.47. The van der Waals surface area contributed by atoms with Gasteiger partial charge in [-0.25, -0.2) is 4.79 Å². The van der Waals surface area contributed by atoms with Gasteiger partial charge in [-0.2, -0.15) is 0 Å². The Morgan fingerprint density at radius 1 is 1.25 bits per heavy atom. The molecule has 2 aliphatic rings. The summed E-state index contributed by atoms with van der Waals surface area (Å²) in [5, 5.41) is 3.20. The van der Waals surface area contributed by atoms with Crippen LogP contribution in [0, 0.1) is 0 Å². The van der Waals surface area contributed by atoms with E-state index in [9.17, 15) is 4.79 Å². The summed E-state index contributed by atoms with van der Waals surface area (Å²) in [7, 11) is 0. The lowest BCUT2D eigenvalue weighted by Gasteiger charge is -2.31. The van der Waals surface area contributed by atoms with Crippen molar-refractivity contribution in [3.63, 3.8) is 0 Å². The van der Waals surface area contributed by atoms with Crippen LogP contribution in [0.3, 0.4) is 0 Å². The first-order valence-electron chi connectivity index (χ1n) is 9.17. The highest BCUT2D eigenvalue weighted by Gasteiger charge is 2.30. The van der Waals surface area contributed by atoms with E-state index in [0.717, 1.165) is 58.7 Å². The maximum absolute atomic E-state index is 12.6. The van der Waals surface area contributed by atoms with E-state index >= 15 is 0 Å². The van der Waals surface area contributed by atoms with Gasteiger partial charge in [0.15, 0.2) is 0 Å². The molecule has 24 heavy (non-hydrogen) atoms. The van der Waals surface area contributed by atoms with Gasteiger partial charge in [0, 0.05) is 51.5 Å². The van der Waals surface area contributed by atoms with Crippen molar-refractivity contribution < 1.29 is 9.53 Å². The van der Waals surface area contributed by atoms with Crippen LogP contribution in [0.15, 0.2) is 30.3 Å². The average molecular weight is 331 g/mol. The number of ether oxygens (including phenoxy) is 1. The number of hydrogen-bond donors (Lipinski definition) is 1. The molecule has 132 valence electrons. The molecular weight excluding hydrogens is 302 g/mol. The third-order valence-electron chi connectivity index (χ3n) is 5.09. The number of carbonyl (C=O) groups excluding carboxylic acids is 1. The fourth-order valence-corrected chi connectivity index (χ4v) is 3.72. The van der Waals surface area contributed by atoms with Crippen LogP contribution in [-0.2, 0) is 11.3 Å². The third kappa shape index (κ3) is 4.48. The van der Waals surface area contributed by atoms with Crippen LogP contribution in [0.4, 0.5) is 4.79 Å². The Kier molecular flexibility index (Phi) is 6.10. The fraction of sp³-hybridized carbons (Fsp3) is 0.632. The van der Waals surface area contributed by atoms with E-state index in [1.54, 1.807) is 0 Å². The van der Waals surface area contributed by atoms with Gasteiger partial charge in [-0.3, -0.25) is 4.90 Å². The zero-order valence-corrected chi connectivity index (χ0v) is 14.6. The van der Waals surface area contributed by atoms with Crippen molar-refractivity contribution in [2.75, 3.05) is 32.8 Å². The summed E-state index contributed by atoms with van der Waals surface area (Å²) in [6.07, 6.45) is 2.91. The lowest BCUT2D eigenvalue weighted by Crippen LogP contribution is -2.51. The molecule has 2 amide bonds. The highest BCUT2D eigenvalue weighted by Crippen LogP contribution is 2.19. The molecule has 0 bridgehead atoms. The van der Waals surface area contributed by atoms with Crippen molar-refractivity contribution in [3.05, 3.63) is 35.9 Å². The van der Waals surface area contributed by atoms with E-state index in [1.165, 1.54) is 5.56 Å². The van der Waals surface area contributed by atoms with E-state index in [0.29, 0.717) is 6.04 Å². The number of likely N-dealkylation sites (N-methyl/N-ethyl adjacent to an activating group) is 1. The number of carbonyl (C=O) groups is 1. The van der Waals surface area contributed by atoms with Crippen molar-refractivity contribution in [1.82, 2.24) is 15.1 Å². The fourth-order valence-electron chi connectivity index (χ4n) is 3.72. The van der Waals surface area contributed by atoms with Gasteiger partial charge in [-0.1, -0.05) is 30.3 Å². The Hall–Kier alpha value is -1.59. The lowest BCUT2D eigenvalue weighted by molar-refractivity contribution is 0.0772. The van der Waals surface area contributed by atoms with Gasteiger partial charge in [0.2, 0.25) is 0 Å². The maximum atomic E-state index is 12.6. The van der Waals surface area contributed by atoms with Crippen LogP contribution in [0.2, 0.25) is 0 Å². The number of rotatable bonds is 5. The van der Waals surface area contributed by atoms with Crippen LogP contribution in [0.5, 0.6) is 0 Å². The number of likely N-dealkylation sites (tertiary alicyclic amines) is 1. The Labute approximate surface area is 145 Å². The molecule has 2 heterocycles. The molecule has 0 radical (unpaired) electrons. The van der Waals surface area contributed by atoms with Crippen LogP contribution in [0.1, 0.15) is 31.7 Å². The Balaban J connectivity index is 1.51. The molecule has 1 unspecified atom stereocenters. The SMILES string of the molecule is CCN(C(=O)NC1CCOCC1)C1CCN(Cc2ccccc2)C1. The van der Waals surface area contributed by atoms with Gasteiger partial charge in [-0.05, 0) is 31.7 Å². The molecule has 2 fully saturated rings. The summed E-state index contributed by atoms with van der Waals surface area (Å²) >= 11 is 0. The lowest BCUT2D eigenvalue weighted by atomic mass is 10.1. The summed E-state index contributed by atoms with van der Waals surface area (Å²) < 4.78 is 5.37. The predicted molar refractivity (Wildman–Crippen MR) is 94.9 cm³/mol.